The Morgan fingerprint density at radius 1 is 0.933 bits per heavy atom. The minimum atomic E-state index is -3.82. The summed E-state index contributed by atoms with van der Waals surface area (Å²) < 4.78 is 25.6. The van der Waals surface area contributed by atoms with Crippen LogP contribution in [-0.2, 0) is 22.0 Å². The van der Waals surface area contributed by atoms with Gasteiger partial charge in [-0.1, -0.05) is 53.5 Å². The summed E-state index contributed by atoms with van der Waals surface area (Å²) in [6, 6.07) is 15.9. The van der Waals surface area contributed by atoms with Gasteiger partial charge >= 0.3 is 0 Å². The molecule has 0 bridgehead atoms. The third-order valence-electron chi connectivity index (χ3n) is 4.44. The molecular formula is C21H15Cl2NO5S. The number of rotatable bonds is 7. The van der Waals surface area contributed by atoms with Gasteiger partial charge < -0.3 is 0 Å². The zero-order valence-corrected chi connectivity index (χ0v) is 17.7. The van der Waals surface area contributed by atoms with Crippen molar-refractivity contribution >= 4 is 44.5 Å². The van der Waals surface area contributed by atoms with Crippen molar-refractivity contribution < 1.29 is 18.1 Å². The third kappa shape index (κ3) is 5.05. The number of nitro benzene ring substituents is 1. The van der Waals surface area contributed by atoms with E-state index in [1.54, 1.807) is 36.4 Å². The summed E-state index contributed by atoms with van der Waals surface area (Å²) in [4.78, 5) is 23.0. The third-order valence-corrected chi connectivity index (χ3v) is 6.70. The second-order valence-electron chi connectivity index (χ2n) is 6.50. The summed E-state index contributed by atoms with van der Waals surface area (Å²) in [5, 5.41) is 11.6. The van der Waals surface area contributed by atoms with Crippen LogP contribution in [0.4, 0.5) is 5.69 Å². The van der Waals surface area contributed by atoms with Crippen LogP contribution in [0.3, 0.4) is 0 Å². The van der Waals surface area contributed by atoms with E-state index in [-0.39, 0.29) is 28.4 Å². The number of non-ortho nitro benzene ring substituents is 1. The molecule has 3 rings (SSSR count). The number of ketones is 1. The first-order valence-corrected chi connectivity index (χ1v) is 11.1. The van der Waals surface area contributed by atoms with E-state index in [1.807, 2.05) is 0 Å². The molecule has 6 nitrogen and oxygen atoms in total. The Morgan fingerprint density at radius 2 is 1.60 bits per heavy atom. The van der Waals surface area contributed by atoms with E-state index in [9.17, 15) is 23.3 Å². The van der Waals surface area contributed by atoms with Crippen LogP contribution in [0.25, 0.3) is 0 Å². The zero-order chi connectivity index (χ0) is 21.9. The van der Waals surface area contributed by atoms with Gasteiger partial charge in [-0.2, -0.15) is 0 Å². The molecule has 0 fully saturated rings. The fourth-order valence-corrected chi connectivity index (χ4v) is 4.77. The standard InChI is InChI=1S/C21H15Cl2NO5S/c22-16-6-5-14(20(23)12-16)11-21(25)19-4-2-1-3-15(19)13-30(28,29)18-9-7-17(8-10-18)24(26)27/h1-10,12H,11,13H2. The Morgan fingerprint density at radius 3 is 2.23 bits per heavy atom. The lowest BCUT2D eigenvalue weighted by Gasteiger charge is -2.11. The lowest BCUT2D eigenvalue weighted by atomic mass is 9.99. The first kappa shape index (κ1) is 22.0. The summed E-state index contributed by atoms with van der Waals surface area (Å²) in [5.74, 6) is -0.699. The van der Waals surface area contributed by atoms with Crippen molar-refractivity contribution in [3.05, 3.63) is 104 Å². The second-order valence-corrected chi connectivity index (χ2v) is 9.34. The van der Waals surface area contributed by atoms with Crippen molar-refractivity contribution in [1.29, 1.82) is 0 Å². The monoisotopic (exact) mass is 463 g/mol. The highest BCUT2D eigenvalue weighted by Crippen LogP contribution is 2.25. The average Bonchev–Trinajstić information content (AvgIpc) is 2.70. The van der Waals surface area contributed by atoms with Crippen LogP contribution in [-0.4, -0.2) is 19.1 Å². The molecule has 0 heterocycles. The Bertz CT molecular complexity index is 1220. The minimum Gasteiger partial charge on any atom is -0.294 e. The van der Waals surface area contributed by atoms with Crippen LogP contribution in [0.1, 0.15) is 21.5 Å². The summed E-state index contributed by atoms with van der Waals surface area (Å²) in [7, 11) is -3.82. The van der Waals surface area contributed by atoms with Crippen LogP contribution in [0, 0.1) is 10.1 Å². The molecule has 3 aromatic rings. The van der Waals surface area contributed by atoms with E-state index in [1.165, 1.54) is 18.2 Å². The number of Topliss-reactive ketones (excluding diaryl/α,β-unsaturated/α-hetero) is 1. The molecule has 0 aromatic heterocycles. The van der Waals surface area contributed by atoms with Gasteiger partial charge in [-0.3, -0.25) is 14.9 Å². The fraction of sp³-hybridized carbons (Fsp3) is 0.0952. The van der Waals surface area contributed by atoms with Crippen LogP contribution in [0.2, 0.25) is 10.0 Å². The molecule has 0 saturated heterocycles. The van der Waals surface area contributed by atoms with Crippen LogP contribution < -0.4 is 0 Å². The molecule has 3 aromatic carbocycles. The zero-order valence-electron chi connectivity index (χ0n) is 15.4. The summed E-state index contributed by atoms with van der Waals surface area (Å²) in [5.41, 5.74) is 0.989. The van der Waals surface area contributed by atoms with Gasteiger partial charge in [0.1, 0.15) is 0 Å². The molecule has 0 unspecified atom stereocenters. The quantitative estimate of drug-likeness (QED) is 0.269. The predicted molar refractivity (Wildman–Crippen MR) is 115 cm³/mol. The summed E-state index contributed by atoms with van der Waals surface area (Å²) in [6.07, 6.45) is -0.00933. The number of hydrogen-bond acceptors (Lipinski definition) is 5. The predicted octanol–water partition coefficient (Wildman–Crippen LogP) is 5.30. The number of carbonyl (C=O) groups excluding carboxylic acids is 1. The Balaban J connectivity index is 1.87. The molecule has 0 aliphatic heterocycles. The highest BCUT2D eigenvalue weighted by Gasteiger charge is 2.21. The lowest BCUT2D eigenvalue weighted by Crippen LogP contribution is -2.12. The van der Waals surface area contributed by atoms with Crippen molar-refractivity contribution in [2.75, 3.05) is 0 Å². The normalized spacial score (nSPS) is 11.3. The molecule has 0 aliphatic rings. The maximum atomic E-state index is 12.9. The van der Waals surface area contributed by atoms with Gasteiger partial charge in [-0.15, -0.1) is 0 Å². The smallest absolute Gasteiger partial charge is 0.269 e. The largest absolute Gasteiger partial charge is 0.294 e. The highest BCUT2D eigenvalue weighted by atomic mass is 35.5. The van der Waals surface area contributed by atoms with Gasteiger partial charge in [0.2, 0.25) is 0 Å². The van der Waals surface area contributed by atoms with E-state index in [2.05, 4.69) is 0 Å². The molecule has 0 N–H and O–H groups in total. The fourth-order valence-electron chi connectivity index (χ4n) is 2.91. The van der Waals surface area contributed by atoms with Crippen LogP contribution in [0.5, 0.6) is 0 Å². The van der Waals surface area contributed by atoms with Crippen molar-refractivity contribution in [2.45, 2.75) is 17.1 Å². The number of sulfone groups is 1. The van der Waals surface area contributed by atoms with E-state index >= 15 is 0 Å². The Kier molecular flexibility index (Phi) is 6.55. The first-order chi connectivity index (χ1) is 14.2. The molecule has 154 valence electrons. The minimum absolute atomic E-state index is 0.00933. The van der Waals surface area contributed by atoms with E-state index in [4.69, 9.17) is 23.2 Å². The molecule has 0 saturated carbocycles. The van der Waals surface area contributed by atoms with E-state index < -0.39 is 20.5 Å². The molecule has 30 heavy (non-hydrogen) atoms. The number of benzene rings is 3. The SMILES string of the molecule is O=C(Cc1ccc(Cl)cc1Cl)c1ccccc1CS(=O)(=O)c1ccc([N+](=O)[O-])cc1. The summed E-state index contributed by atoms with van der Waals surface area (Å²) in [6.45, 7) is 0. The second kappa shape index (κ2) is 8.95. The topological polar surface area (TPSA) is 94.3 Å². The Hall–Kier alpha value is -2.74. The van der Waals surface area contributed by atoms with Gasteiger partial charge in [0.05, 0.1) is 15.6 Å². The van der Waals surface area contributed by atoms with Gasteiger partial charge in [-0.05, 0) is 35.4 Å². The van der Waals surface area contributed by atoms with Crippen molar-refractivity contribution in [1.82, 2.24) is 0 Å². The molecule has 9 heteroatoms. The molecule has 0 aliphatic carbocycles. The molecule has 0 spiro atoms. The number of halogens is 2. The number of nitro groups is 1. The van der Waals surface area contributed by atoms with Crippen molar-refractivity contribution in [3.63, 3.8) is 0 Å². The molecule has 0 radical (unpaired) electrons. The van der Waals surface area contributed by atoms with Crippen LogP contribution >= 0.6 is 23.2 Å². The summed E-state index contributed by atoms with van der Waals surface area (Å²) >= 11 is 12.0. The van der Waals surface area contributed by atoms with Gasteiger partial charge in [0, 0.05) is 34.2 Å². The van der Waals surface area contributed by atoms with E-state index in [0.29, 0.717) is 21.2 Å². The lowest BCUT2D eigenvalue weighted by molar-refractivity contribution is -0.384. The maximum Gasteiger partial charge on any atom is 0.269 e. The average molecular weight is 464 g/mol. The van der Waals surface area contributed by atoms with E-state index in [0.717, 1.165) is 12.1 Å². The van der Waals surface area contributed by atoms with Crippen molar-refractivity contribution in [2.24, 2.45) is 0 Å². The van der Waals surface area contributed by atoms with Crippen molar-refractivity contribution in [3.8, 4) is 0 Å². The number of nitrogens with zero attached hydrogens (tertiary/aromatic N) is 1. The number of hydrogen-bond donors (Lipinski definition) is 0. The Labute approximate surface area is 183 Å². The van der Waals surface area contributed by atoms with Gasteiger partial charge in [0.25, 0.3) is 5.69 Å². The number of carbonyl (C=O) groups is 1. The maximum absolute atomic E-state index is 12.9. The van der Waals surface area contributed by atoms with Gasteiger partial charge in [-0.25, -0.2) is 8.42 Å². The van der Waals surface area contributed by atoms with Crippen LogP contribution in [0.15, 0.2) is 71.6 Å². The molecule has 0 amide bonds. The molecular weight excluding hydrogens is 449 g/mol. The van der Waals surface area contributed by atoms with Gasteiger partial charge in [0.15, 0.2) is 15.6 Å². The first-order valence-electron chi connectivity index (χ1n) is 8.69. The molecule has 0 atom stereocenters. The highest BCUT2D eigenvalue weighted by molar-refractivity contribution is 7.90.